The molecule has 5 aromatic heterocycles. The average Bonchev–Trinajstić information content (AvgIpc) is 1.50. The van der Waals surface area contributed by atoms with Gasteiger partial charge in [-0.05, 0) is 274 Å². The Morgan fingerprint density at radius 3 is 1.03 bits per heavy atom. The topological polar surface area (TPSA) is 47.4 Å². The first-order valence-electron chi connectivity index (χ1n) is 43.7. The van der Waals surface area contributed by atoms with Crippen molar-refractivity contribution in [3.63, 3.8) is 0 Å². The Morgan fingerprint density at radius 2 is 0.532 bits per heavy atom. The van der Waals surface area contributed by atoms with Gasteiger partial charge in [0.05, 0.1) is 27.1 Å². The van der Waals surface area contributed by atoms with Crippen LogP contribution >= 0.6 is 22.7 Å². The molecule has 0 unspecified atom stereocenters. The van der Waals surface area contributed by atoms with Crippen molar-refractivity contribution < 1.29 is 8.83 Å². The summed E-state index contributed by atoms with van der Waals surface area (Å²) >= 11 is 3.75. The summed E-state index contributed by atoms with van der Waals surface area (Å²) in [6.45, 7) is 33.7. The summed E-state index contributed by atoms with van der Waals surface area (Å²) in [5.74, 6) is 0. The molecule has 16 aromatic carbocycles. The van der Waals surface area contributed by atoms with Crippen molar-refractivity contribution in [1.29, 1.82) is 0 Å². The van der Waals surface area contributed by atoms with Gasteiger partial charge in [-0.15, -0.1) is 22.7 Å². The Bertz CT molecular complexity index is 6970. The Kier molecular flexibility index (Phi) is 23.6. The van der Waals surface area contributed by atoms with E-state index in [1.807, 2.05) is 53.0 Å². The lowest BCUT2D eigenvalue weighted by molar-refractivity contribution is 0.557. The minimum atomic E-state index is -0.0748. The third-order valence-corrected chi connectivity index (χ3v) is 25.2. The first kappa shape index (κ1) is 84.6. The Labute approximate surface area is 749 Å². The summed E-state index contributed by atoms with van der Waals surface area (Å²) in [5.41, 5.74) is 19.3. The highest BCUT2D eigenvalue weighted by Gasteiger charge is 2.31. The van der Waals surface area contributed by atoms with E-state index in [0.29, 0.717) is 0 Å². The van der Waals surface area contributed by atoms with Gasteiger partial charge < -0.3 is 37.9 Å². The van der Waals surface area contributed by atoms with E-state index in [9.17, 15) is 0 Å². The van der Waals surface area contributed by atoms with Crippen LogP contribution in [-0.4, -0.2) is 32.3 Å². The number of rotatable bonds is 11. The molecule has 0 atom stereocenters. The largest absolute Gasteiger partial charge is 0.456 e. The zero-order valence-electron chi connectivity index (χ0n) is 74.8. The van der Waals surface area contributed by atoms with E-state index in [0.717, 1.165) is 55.3 Å². The van der Waals surface area contributed by atoms with E-state index in [1.54, 1.807) is 0 Å². The Balaban J connectivity index is 0.000000111. The molecule has 0 bridgehead atoms. The van der Waals surface area contributed by atoms with Crippen molar-refractivity contribution in [3.05, 3.63) is 394 Å². The molecule has 0 fully saturated rings. The normalized spacial score (nSPS) is 11.9. The maximum absolute atomic E-state index is 6.24. The second kappa shape index (κ2) is 35.2. The molecular formula is C116H110N6O2S2. The van der Waals surface area contributed by atoms with Gasteiger partial charge in [-0.2, -0.15) is 0 Å². The molecule has 8 nitrogen and oxygen atoms in total. The number of anilines is 10. The molecule has 21 aromatic rings. The molecule has 0 amide bonds. The quantitative estimate of drug-likeness (QED) is 0.128. The third-order valence-electron chi connectivity index (χ3n) is 22.8. The number of hydrogen-bond donors (Lipinski definition) is 0. The van der Waals surface area contributed by atoms with Crippen LogP contribution in [0.15, 0.2) is 403 Å². The fourth-order valence-corrected chi connectivity index (χ4v) is 20.2. The lowest BCUT2D eigenvalue weighted by Crippen LogP contribution is -2.37. The number of fused-ring (bicyclic) bond motifs is 15. The molecule has 0 radical (unpaired) electrons. The predicted octanol–water partition coefficient (Wildman–Crippen LogP) is 34.7. The van der Waals surface area contributed by atoms with Gasteiger partial charge in [0, 0.05) is 147 Å². The second-order valence-corrected chi connectivity index (χ2v) is 39.3. The highest BCUT2D eigenvalue weighted by Crippen LogP contribution is 2.48. The van der Waals surface area contributed by atoms with Crippen LogP contribution < -0.4 is 24.5 Å². The lowest BCUT2D eigenvalue weighted by Gasteiger charge is -2.38. The maximum atomic E-state index is 6.24. The number of nitrogens with zero attached hydrogens (tertiary/aromatic N) is 6. The number of hydrogen-bond acceptors (Lipinski definition) is 9. The van der Waals surface area contributed by atoms with Crippen LogP contribution in [0.3, 0.4) is 0 Å². The van der Waals surface area contributed by atoms with E-state index in [4.69, 9.17) is 8.83 Å². The van der Waals surface area contributed by atoms with Gasteiger partial charge in [0.15, 0.2) is 5.58 Å². The molecule has 0 saturated carbocycles. The summed E-state index contributed by atoms with van der Waals surface area (Å²) in [7, 11) is 0. The zero-order chi connectivity index (χ0) is 87.7. The molecule has 0 aliphatic carbocycles. The summed E-state index contributed by atoms with van der Waals surface area (Å²) in [6, 6.07) is 139. The standard InChI is InChI=1S/C28H26N2.2C22H21NO.2C22H21NS/c1-28(2,3)30(22-14-8-5-9-15-22)23-18-19-27-25(20-23)24-16-10-11-17-26(24)29(27)21-12-6-4-7-13-21;1-22(2,3)23(16-10-5-4-6-11-16)19-14-9-13-18-17-12-7-8-15-20(17)24-21(18)19;1-22(2,3)23(16-9-5-4-6-10-16)17-13-14-21-19(15-17)18-11-7-8-12-20(18)24-21;1-22(2,3)23(16-10-5-4-6-11-16)19-14-9-13-18-17-12-7-8-15-20(17)24-21(18)19;1-22(2,3)23(16-9-5-4-6-10-16)17-13-14-21-19(15-17)18-11-7-8-12-20(18)24-21/h4-20H,1-3H3;4*4-15H,1-3H3. The van der Waals surface area contributed by atoms with E-state index in [2.05, 4.69) is 497 Å². The smallest absolute Gasteiger partial charge is 0.159 e. The molecule has 5 heterocycles. The average molecular weight is 1680 g/mol. The first-order chi connectivity index (χ1) is 60.7. The SMILES string of the molecule is CC(C)(C)N(c1ccccc1)c1ccc2c(c1)c1ccccc1n2-c1ccccc1.CC(C)(C)N(c1ccccc1)c1ccc2oc3ccccc3c2c1.CC(C)(C)N(c1ccccc1)c1ccc2sc3ccccc3c2c1.CC(C)(C)N(c1ccccc1)c1cccc2c1oc1ccccc12.CC(C)(C)N(c1ccccc1)c1cccc2c1sc1ccccc12. The number of para-hydroxylation sites is 10. The maximum Gasteiger partial charge on any atom is 0.159 e. The van der Waals surface area contributed by atoms with Crippen molar-refractivity contribution in [1.82, 2.24) is 4.57 Å². The summed E-state index contributed by atoms with van der Waals surface area (Å²) in [5, 5.41) is 12.6. The van der Waals surface area contributed by atoms with Crippen LogP contribution in [0.2, 0.25) is 0 Å². The summed E-state index contributed by atoms with van der Waals surface area (Å²) in [6.07, 6.45) is 0. The minimum Gasteiger partial charge on any atom is -0.456 e. The van der Waals surface area contributed by atoms with Crippen molar-refractivity contribution in [2.45, 2.75) is 132 Å². The second-order valence-electron chi connectivity index (χ2n) is 37.2. The van der Waals surface area contributed by atoms with E-state index < -0.39 is 0 Å². The lowest BCUT2D eigenvalue weighted by atomic mass is 10.0. The molecule has 628 valence electrons. The van der Waals surface area contributed by atoms with Crippen LogP contribution in [0, 0.1) is 0 Å². The third kappa shape index (κ3) is 17.5. The van der Waals surface area contributed by atoms with Gasteiger partial charge in [0.1, 0.15) is 16.7 Å². The molecule has 21 rings (SSSR count). The van der Waals surface area contributed by atoms with Crippen LogP contribution in [0.5, 0.6) is 0 Å². The molecule has 0 N–H and O–H groups in total. The molecular weight excluding hydrogens is 1570 g/mol. The van der Waals surface area contributed by atoms with Gasteiger partial charge in [0.2, 0.25) is 0 Å². The van der Waals surface area contributed by atoms with Crippen LogP contribution in [0.4, 0.5) is 56.9 Å². The molecule has 126 heavy (non-hydrogen) atoms. The number of aromatic nitrogens is 1. The van der Waals surface area contributed by atoms with Gasteiger partial charge in [-0.25, -0.2) is 0 Å². The Hall–Kier alpha value is -13.6. The first-order valence-corrected chi connectivity index (χ1v) is 45.3. The fraction of sp³-hybridized carbons (Fsp3) is 0.172. The number of benzene rings is 16. The molecule has 0 aliphatic rings. The number of furan rings is 2. The van der Waals surface area contributed by atoms with Gasteiger partial charge in [0.25, 0.3) is 0 Å². The van der Waals surface area contributed by atoms with Crippen molar-refractivity contribution >= 4 is 186 Å². The van der Waals surface area contributed by atoms with Crippen LogP contribution in [0.1, 0.15) is 104 Å². The monoisotopic (exact) mass is 1680 g/mol. The van der Waals surface area contributed by atoms with Crippen molar-refractivity contribution in [2.24, 2.45) is 0 Å². The molecule has 10 heteroatoms. The highest BCUT2D eigenvalue weighted by atomic mass is 32.1. The van der Waals surface area contributed by atoms with Crippen LogP contribution in [-0.2, 0) is 0 Å². The minimum absolute atomic E-state index is 0.000848. The van der Waals surface area contributed by atoms with Crippen molar-refractivity contribution in [3.8, 4) is 5.69 Å². The predicted molar refractivity (Wildman–Crippen MR) is 549 cm³/mol. The van der Waals surface area contributed by atoms with Crippen LogP contribution in [0.25, 0.3) is 112 Å². The van der Waals surface area contributed by atoms with Gasteiger partial charge >= 0.3 is 0 Å². The number of thiophene rings is 2. The molecule has 0 aliphatic heterocycles. The Morgan fingerprint density at radius 1 is 0.206 bits per heavy atom. The van der Waals surface area contributed by atoms with Gasteiger partial charge in [-0.1, -0.05) is 224 Å². The van der Waals surface area contributed by atoms with E-state index in [1.165, 1.54) is 113 Å². The summed E-state index contributed by atoms with van der Waals surface area (Å²) < 4.78 is 20.0. The zero-order valence-corrected chi connectivity index (χ0v) is 76.5. The fourth-order valence-electron chi connectivity index (χ4n) is 17.9. The van der Waals surface area contributed by atoms with Gasteiger partial charge in [-0.3, -0.25) is 0 Å². The summed E-state index contributed by atoms with van der Waals surface area (Å²) in [4.78, 5) is 12.0. The molecule has 0 spiro atoms. The van der Waals surface area contributed by atoms with E-state index >= 15 is 0 Å². The molecule has 0 saturated heterocycles. The van der Waals surface area contributed by atoms with Crippen molar-refractivity contribution in [2.75, 3.05) is 24.5 Å². The van der Waals surface area contributed by atoms with E-state index in [-0.39, 0.29) is 27.7 Å². The highest BCUT2D eigenvalue weighted by molar-refractivity contribution is 7.26.